The highest BCUT2D eigenvalue weighted by Crippen LogP contribution is 2.30. The van der Waals surface area contributed by atoms with Gasteiger partial charge in [0.05, 0.1) is 6.10 Å². The third-order valence-electron chi connectivity index (χ3n) is 4.18. The van der Waals surface area contributed by atoms with Gasteiger partial charge in [0.1, 0.15) is 5.75 Å². The van der Waals surface area contributed by atoms with Crippen LogP contribution in [0, 0.1) is 6.92 Å². The van der Waals surface area contributed by atoms with Gasteiger partial charge in [-0.25, -0.2) is 0 Å². The van der Waals surface area contributed by atoms with Crippen molar-refractivity contribution in [3.05, 3.63) is 29.3 Å². The van der Waals surface area contributed by atoms with Gasteiger partial charge in [0.15, 0.2) is 0 Å². The molecular formula is C18H29NO. The van der Waals surface area contributed by atoms with Crippen molar-refractivity contribution in [1.29, 1.82) is 0 Å². The molecule has 20 heavy (non-hydrogen) atoms. The quantitative estimate of drug-likeness (QED) is 0.807. The number of aryl methyl sites for hydroxylation is 1. The summed E-state index contributed by atoms with van der Waals surface area (Å²) in [4.78, 5) is 0. The Morgan fingerprint density at radius 1 is 1.25 bits per heavy atom. The summed E-state index contributed by atoms with van der Waals surface area (Å²) in [7, 11) is 0. The van der Waals surface area contributed by atoms with Crippen molar-refractivity contribution in [1.82, 2.24) is 5.32 Å². The van der Waals surface area contributed by atoms with Gasteiger partial charge in [-0.05, 0) is 58.6 Å². The molecule has 0 aromatic heterocycles. The highest BCUT2D eigenvalue weighted by Gasteiger charge is 2.18. The largest absolute Gasteiger partial charge is 0.490 e. The maximum atomic E-state index is 6.30. The smallest absolute Gasteiger partial charge is 0.124 e. The van der Waals surface area contributed by atoms with E-state index in [-0.39, 0.29) is 0 Å². The van der Waals surface area contributed by atoms with Gasteiger partial charge >= 0.3 is 0 Å². The Kier molecular flexibility index (Phi) is 5.90. The molecule has 0 heterocycles. The van der Waals surface area contributed by atoms with Crippen LogP contribution in [0.4, 0.5) is 0 Å². The van der Waals surface area contributed by atoms with Crippen LogP contribution in [0.2, 0.25) is 0 Å². The minimum absolute atomic E-state index is 0.355. The third kappa shape index (κ3) is 4.24. The summed E-state index contributed by atoms with van der Waals surface area (Å²) in [5.74, 6) is 1.08. The van der Waals surface area contributed by atoms with E-state index < -0.39 is 0 Å². The highest BCUT2D eigenvalue weighted by atomic mass is 16.5. The SMILES string of the molecule is CCCNC(C)c1cc(C)ccc1OC1CCCCC1. The molecule has 1 atom stereocenters. The zero-order valence-corrected chi connectivity index (χ0v) is 13.2. The summed E-state index contributed by atoms with van der Waals surface area (Å²) in [6, 6.07) is 6.94. The molecule has 2 heteroatoms. The molecule has 0 radical (unpaired) electrons. The number of rotatable bonds is 6. The first-order valence-corrected chi connectivity index (χ1v) is 8.21. The lowest BCUT2D eigenvalue weighted by Crippen LogP contribution is -2.23. The van der Waals surface area contributed by atoms with E-state index >= 15 is 0 Å². The maximum absolute atomic E-state index is 6.30. The molecule has 112 valence electrons. The van der Waals surface area contributed by atoms with E-state index in [4.69, 9.17) is 4.74 Å². The number of nitrogens with one attached hydrogen (secondary N) is 1. The fourth-order valence-electron chi connectivity index (χ4n) is 2.95. The van der Waals surface area contributed by atoms with Crippen molar-refractivity contribution in [2.24, 2.45) is 0 Å². The van der Waals surface area contributed by atoms with Gasteiger partial charge in [-0.3, -0.25) is 0 Å². The lowest BCUT2D eigenvalue weighted by Gasteiger charge is -2.26. The first-order valence-electron chi connectivity index (χ1n) is 8.21. The van der Waals surface area contributed by atoms with Crippen molar-refractivity contribution >= 4 is 0 Å². The van der Waals surface area contributed by atoms with E-state index in [1.165, 1.54) is 43.2 Å². The zero-order chi connectivity index (χ0) is 14.4. The molecule has 1 unspecified atom stereocenters. The minimum atomic E-state index is 0.355. The van der Waals surface area contributed by atoms with Crippen molar-refractivity contribution < 1.29 is 4.74 Å². The molecular weight excluding hydrogens is 246 g/mol. The third-order valence-corrected chi connectivity index (χ3v) is 4.18. The van der Waals surface area contributed by atoms with Crippen LogP contribution in [-0.2, 0) is 0 Å². The van der Waals surface area contributed by atoms with E-state index in [9.17, 15) is 0 Å². The van der Waals surface area contributed by atoms with Gasteiger partial charge in [-0.1, -0.05) is 31.0 Å². The first-order chi connectivity index (χ1) is 9.70. The monoisotopic (exact) mass is 275 g/mol. The highest BCUT2D eigenvalue weighted by molar-refractivity contribution is 5.39. The van der Waals surface area contributed by atoms with Crippen molar-refractivity contribution in [3.8, 4) is 5.75 Å². The number of ether oxygens (including phenoxy) is 1. The van der Waals surface area contributed by atoms with Gasteiger partial charge in [-0.15, -0.1) is 0 Å². The standard InChI is InChI=1S/C18H29NO/c1-4-12-19-15(3)17-13-14(2)10-11-18(17)20-16-8-6-5-7-9-16/h10-11,13,15-16,19H,4-9,12H2,1-3H3. The van der Waals surface area contributed by atoms with Crippen LogP contribution in [-0.4, -0.2) is 12.6 Å². The molecule has 2 nitrogen and oxygen atoms in total. The molecule has 0 saturated heterocycles. The Labute approximate surface area is 123 Å². The lowest BCUT2D eigenvalue weighted by atomic mass is 9.97. The molecule has 0 aliphatic heterocycles. The van der Waals surface area contributed by atoms with Crippen LogP contribution in [0.5, 0.6) is 5.75 Å². The van der Waals surface area contributed by atoms with Gasteiger partial charge < -0.3 is 10.1 Å². The molecule has 1 fully saturated rings. The molecule has 1 aliphatic rings. The molecule has 1 aromatic carbocycles. The van der Waals surface area contributed by atoms with Gasteiger partial charge in [-0.2, -0.15) is 0 Å². The normalized spacial score (nSPS) is 17.9. The van der Waals surface area contributed by atoms with Crippen molar-refractivity contribution in [2.75, 3.05) is 6.54 Å². The molecule has 1 aliphatic carbocycles. The Balaban J connectivity index is 2.09. The summed E-state index contributed by atoms with van der Waals surface area (Å²) in [6.45, 7) is 7.64. The second-order valence-electron chi connectivity index (χ2n) is 6.09. The van der Waals surface area contributed by atoms with Crippen LogP contribution >= 0.6 is 0 Å². The summed E-state index contributed by atoms with van der Waals surface area (Å²) in [6.07, 6.45) is 8.01. The van der Waals surface area contributed by atoms with Crippen molar-refractivity contribution in [3.63, 3.8) is 0 Å². The van der Waals surface area contributed by atoms with Crippen molar-refractivity contribution in [2.45, 2.75) is 71.4 Å². The molecule has 1 N–H and O–H groups in total. The fraction of sp³-hybridized carbons (Fsp3) is 0.667. The molecule has 0 spiro atoms. The summed E-state index contributed by atoms with van der Waals surface area (Å²) < 4.78 is 6.30. The topological polar surface area (TPSA) is 21.3 Å². The molecule has 2 rings (SSSR count). The van der Waals surface area contributed by atoms with E-state index in [2.05, 4.69) is 44.3 Å². The van der Waals surface area contributed by atoms with Crippen LogP contribution in [0.25, 0.3) is 0 Å². The predicted octanol–water partition coefficient (Wildman–Crippen LogP) is 4.77. The van der Waals surface area contributed by atoms with Crippen LogP contribution in [0.3, 0.4) is 0 Å². The zero-order valence-electron chi connectivity index (χ0n) is 13.2. The van der Waals surface area contributed by atoms with E-state index in [1.54, 1.807) is 0 Å². The van der Waals surface area contributed by atoms with Crippen LogP contribution in [0.1, 0.15) is 69.5 Å². The minimum Gasteiger partial charge on any atom is -0.490 e. The Morgan fingerprint density at radius 3 is 2.70 bits per heavy atom. The summed E-state index contributed by atoms with van der Waals surface area (Å²) >= 11 is 0. The van der Waals surface area contributed by atoms with E-state index in [0.717, 1.165) is 18.7 Å². The Morgan fingerprint density at radius 2 is 2.00 bits per heavy atom. The molecule has 1 aromatic rings. The second-order valence-corrected chi connectivity index (χ2v) is 6.09. The van der Waals surface area contributed by atoms with Gasteiger partial charge in [0.25, 0.3) is 0 Å². The Hall–Kier alpha value is -1.02. The number of hydrogen-bond donors (Lipinski definition) is 1. The Bertz CT molecular complexity index is 410. The number of hydrogen-bond acceptors (Lipinski definition) is 2. The average Bonchev–Trinajstić information content (AvgIpc) is 2.47. The molecule has 1 saturated carbocycles. The van der Waals surface area contributed by atoms with Crippen LogP contribution < -0.4 is 10.1 Å². The lowest BCUT2D eigenvalue weighted by molar-refractivity contribution is 0.152. The van der Waals surface area contributed by atoms with E-state index in [0.29, 0.717) is 12.1 Å². The number of benzene rings is 1. The summed E-state index contributed by atoms with van der Waals surface area (Å²) in [5.41, 5.74) is 2.62. The van der Waals surface area contributed by atoms with Gasteiger partial charge in [0.2, 0.25) is 0 Å². The van der Waals surface area contributed by atoms with E-state index in [1.807, 2.05) is 0 Å². The fourth-order valence-corrected chi connectivity index (χ4v) is 2.95. The van der Waals surface area contributed by atoms with Gasteiger partial charge in [0, 0.05) is 11.6 Å². The maximum Gasteiger partial charge on any atom is 0.124 e. The first kappa shape index (κ1) is 15.4. The molecule has 0 bridgehead atoms. The predicted molar refractivity (Wildman–Crippen MR) is 85.4 cm³/mol. The second kappa shape index (κ2) is 7.68. The molecule has 0 amide bonds. The van der Waals surface area contributed by atoms with Crippen LogP contribution in [0.15, 0.2) is 18.2 Å². The average molecular weight is 275 g/mol. The summed E-state index contributed by atoms with van der Waals surface area (Å²) in [5, 5.41) is 3.57.